The molecule has 2 rings (SSSR count). The first-order chi connectivity index (χ1) is 9.33. The minimum absolute atomic E-state index is 0.569. The third-order valence-corrected chi connectivity index (χ3v) is 4.11. The molecule has 0 bridgehead atoms. The van der Waals surface area contributed by atoms with E-state index in [9.17, 15) is 0 Å². The number of aromatic nitrogens is 1. The van der Waals surface area contributed by atoms with Crippen molar-refractivity contribution in [3.8, 4) is 5.88 Å². The third kappa shape index (κ3) is 4.12. The van der Waals surface area contributed by atoms with Crippen LogP contribution < -0.4 is 10.1 Å². The number of anilines is 1. The summed E-state index contributed by atoms with van der Waals surface area (Å²) in [7, 11) is 1.68. The number of nitrogens with one attached hydrogen (secondary N) is 1. The zero-order chi connectivity index (χ0) is 13.5. The van der Waals surface area contributed by atoms with Gasteiger partial charge in [-0.25, -0.2) is 4.98 Å². The highest BCUT2D eigenvalue weighted by atomic mass is 16.5. The summed E-state index contributed by atoms with van der Waals surface area (Å²) in [4.78, 5) is 4.25. The summed E-state index contributed by atoms with van der Waals surface area (Å²) in [5.41, 5.74) is 1.03. The van der Waals surface area contributed by atoms with Gasteiger partial charge in [0.05, 0.1) is 12.8 Å². The van der Waals surface area contributed by atoms with Crippen molar-refractivity contribution in [2.45, 2.75) is 57.9 Å². The van der Waals surface area contributed by atoms with Crippen molar-refractivity contribution in [1.82, 2.24) is 4.98 Å². The zero-order valence-electron chi connectivity index (χ0n) is 12.2. The van der Waals surface area contributed by atoms with E-state index in [2.05, 4.69) is 23.3 Å². The molecule has 1 aromatic heterocycles. The van der Waals surface area contributed by atoms with Crippen LogP contribution in [-0.4, -0.2) is 18.1 Å². The number of methoxy groups -OCH3 is 1. The van der Waals surface area contributed by atoms with Crippen LogP contribution in [-0.2, 0) is 0 Å². The summed E-state index contributed by atoms with van der Waals surface area (Å²) in [5.74, 6) is 1.64. The topological polar surface area (TPSA) is 34.2 Å². The molecule has 1 aliphatic carbocycles. The number of nitrogens with zero attached hydrogens (tertiary/aromatic N) is 1. The van der Waals surface area contributed by atoms with Gasteiger partial charge in [-0.3, -0.25) is 0 Å². The molecular weight excluding hydrogens is 236 g/mol. The van der Waals surface area contributed by atoms with Crippen molar-refractivity contribution in [3.63, 3.8) is 0 Å². The number of rotatable bonds is 5. The van der Waals surface area contributed by atoms with E-state index in [4.69, 9.17) is 4.74 Å². The minimum atomic E-state index is 0.569. The summed E-state index contributed by atoms with van der Waals surface area (Å²) in [6, 6.07) is 4.58. The van der Waals surface area contributed by atoms with Gasteiger partial charge in [0.25, 0.3) is 0 Å². The Morgan fingerprint density at radius 3 is 3.00 bits per heavy atom. The Morgan fingerprint density at radius 1 is 1.32 bits per heavy atom. The molecule has 3 heteroatoms. The molecule has 0 amide bonds. The lowest BCUT2D eigenvalue weighted by Gasteiger charge is -2.19. The van der Waals surface area contributed by atoms with Crippen molar-refractivity contribution in [2.75, 3.05) is 12.4 Å². The standard InChI is InChI=1S/C16H26N2O/c1-3-6-13-7-4-8-14(11-10-13)18-15-9-5-12-17-16(15)19-2/h5,9,12-14,18H,3-4,6-8,10-11H2,1-2H3. The maximum atomic E-state index is 5.30. The average Bonchev–Trinajstić information content (AvgIpc) is 2.66. The Bertz CT molecular complexity index is 381. The van der Waals surface area contributed by atoms with Crippen molar-refractivity contribution in [3.05, 3.63) is 18.3 Å². The smallest absolute Gasteiger partial charge is 0.237 e. The van der Waals surface area contributed by atoms with Crippen LogP contribution in [0.15, 0.2) is 18.3 Å². The highest BCUT2D eigenvalue weighted by Gasteiger charge is 2.19. The van der Waals surface area contributed by atoms with Crippen LogP contribution >= 0.6 is 0 Å². The van der Waals surface area contributed by atoms with Crippen molar-refractivity contribution < 1.29 is 4.74 Å². The number of hydrogen-bond acceptors (Lipinski definition) is 3. The molecule has 0 spiro atoms. The van der Waals surface area contributed by atoms with E-state index in [1.807, 2.05) is 6.07 Å². The van der Waals surface area contributed by atoms with Crippen LogP contribution in [0.4, 0.5) is 5.69 Å². The second kappa shape index (κ2) is 7.37. The van der Waals surface area contributed by atoms with E-state index >= 15 is 0 Å². The molecule has 2 unspecified atom stereocenters. The van der Waals surface area contributed by atoms with Gasteiger partial charge >= 0.3 is 0 Å². The Balaban J connectivity index is 1.92. The van der Waals surface area contributed by atoms with Gasteiger partial charge in [0.15, 0.2) is 0 Å². The molecule has 3 nitrogen and oxygen atoms in total. The van der Waals surface area contributed by atoms with Crippen molar-refractivity contribution >= 4 is 5.69 Å². The molecule has 1 fully saturated rings. The summed E-state index contributed by atoms with van der Waals surface area (Å²) in [5, 5.41) is 3.62. The second-order valence-corrected chi connectivity index (χ2v) is 5.56. The number of ether oxygens (including phenoxy) is 1. The van der Waals surface area contributed by atoms with Gasteiger partial charge < -0.3 is 10.1 Å². The molecule has 0 saturated heterocycles. The van der Waals surface area contributed by atoms with E-state index in [1.54, 1.807) is 13.3 Å². The minimum Gasteiger partial charge on any atom is -0.480 e. The predicted molar refractivity (Wildman–Crippen MR) is 79.7 cm³/mol. The predicted octanol–water partition coefficient (Wildman–Crippen LogP) is 4.25. The Kier molecular flexibility index (Phi) is 5.49. The molecule has 0 aromatic carbocycles. The molecule has 2 atom stereocenters. The highest BCUT2D eigenvalue weighted by molar-refractivity contribution is 5.52. The van der Waals surface area contributed by atoms with E-state index in [1.165, 1.54) is 44.9 Å². The van der Waals surface area contributed by atoms with Gasteiger partial charge in [0, 0.05) is 12.2 Å². The molecule has 0 radical (unpaired) electrons. The van der Waals surface area contributed by atoms with Crippen LogP contribution in [0.2, 0.25) is 0 Å². The van der Waals surface area contributed by atoms with Gasteiger partial charge in [-0.15, -0.1) is 0 Å². The average molecular weight is 262 g/mol. The molecule has 19 heavy (non-hydrogen) atoms. The summed E-state index contributed by atoms with van der Waals surface area (Å²) in [6.07, 6.45) is 11.1. The fourth-order valence-corrected chi connectivity index (χ4v) is 3.10. The molecular formula is C16H26N2O. The lowest BCUT2D eigenvalue weighted by atomic mass is 9.95. The van der Waals surface area contributed by atoms with Gasteiger partial charge in [0.2, 0.25) is 5.88 Å². The van der Waals surface area contributed by atoms with E-state index < -0.39 is 0 Å². The molecule has 1 aliphatic rings. The van der Waals surface area contributed by atoms with Crippen molar-refractivity contribution in [1.29, 1.82) is 0 Å². The monoisotopic (exact) mass is 262 g/mol. The van der Waals surface area contributed by atoms with E-state index in [-0.39, 0.29) is 0 Å². The van der Waals surface area contributed by atoms with Gasteiger partial charge in [0.1, 0.15) is 0 Å². The Labute approximate surface area is 116 Å². The zero-order valence-corrected chi connectivity index (χ0v) is 12.2. The molecule has 1 saturated carbocycles. The summed E-state index contributed by atoms with van der Waals surface area (Å²) in [6.45, 7) is 2.29. The number of pyridine rings is 1. The highest BCUT2D eigenvalue weighted by Crippen LogP contribution is 2.30. The number of hydrogen-bond donors (Lipinski definition) is 1. The first-order valence-electron chi connectivity index (χ1n) is 7.59. The Morgan fingerprint density at radius 2 is 2.21 bits per heavy atom. The largest absolute Gasteiger partial charge is 0.480 e. The van der Waals surface area contributed by atoms with Gasteiger partial charge in [-0.05, 0) is 37.3 Å². The van der Waals surface area contributed by atoms with E-state index in [0.29, 0.717) is 11.9 Å². The first kappa shape index (κ1) is 14.2. The maximum Gasteiger partial charge on any atom is 0.237 e. The van der Waals surface area contributed by atoms with Crippen LogP contribution in [0.25, 0.3) is 0 Å². The summed E-state index contributed by atoms with van der Waals surface area (Å²) >= 11 is 0. The SMILES string of the molecule is CCCC1CCCC(Nc2cccnc2OC)CC1. The maximum absolute atomic E-state index is 5.30. The normalized spacial score (nSPS) is 23.7. The molecule has 106 valence electrons. The first-order valence-corrected chi connectivity index (χ1v) is 7.59. The van der Waals surface area contributed by atoms with E-state index in [0.717, 1.165) is 11.6 Å². The lowest BCUT2D eigenvalue weighted by molar-refractivity contribution is 0.398. The van der Waals surface area contributed by atoms with Crippen LogP contribution in [0.3, 0.4) is 0 Å². The fourth-order valence-electron chi connectivity index (χ4n) is 3.10. The van der Waals surface area contributed by atoms with Crippen LogP contribution in [0.5, 0.6) is 5.88 Å². The summed E-state index contributed by atoms with van der Waals surface area (Å²) < 4.78 is 5.30. The van der Waals surface area contributed by atoms with Crippen LogP contribution in [0, 0.1) is 5.92 Å². The Hall–Kier alpha value is -1.25. The fraction of sp³-hybridized carbons (Fsp3) is 0.688. The lowest BCUT2D eigenvalue weighted by Crippen LogP contribution is -2.19. The molecule has 1 heterocycles. The molecule has 0 aliphatic heterocycles. The molecule has 1 aromatic rings. The van der Waals surface area contributed by atoms with Crippen LogP contribution in [0.1, 0.15) is 51.9 Å². The second-order valence-electron chi connectivity index (χ2n) is 5.56. The quantitative estimate of drug-likeness (QED) is 0.805. The van der Waals surface area contributed by atoms with Gasteiger partial charge in [-0.1, -0.05) is 32.6 Å². The third-order valence-electron chi connectivity index (χ3n) is 4.11. The van der Waals surface area contributed by atoms with Gasteiger partial charge in [-0.2, -0.15) is 0 Å². The van der Waals surface area contributed by atoms with Crippen molar-refractivity contribution in [2.24, 2.45) is 5.92 Å². The molecule has 1 N–H and O–H groups in total.